The van der Waals surface area contributed by atoms with Gasteiger partial charge in [0.2, 0.25) is 0 Å². The van der Waals surface area contributed by atoms with Crippen molar-refractivity contribution >= 4 is 0 Å². The minimum Gasteiger partial charge on any atom is -0.359 e. The number of hydrogen-bond donors (Lipinski definition) is 0. The van der Waals surface area contributed by atoms with Gasteiger partial charge in [0.25, 0.3) is 0 Å². The minimum atomic E-state index is -0.545. The molecule has 0 N–H and O–H groups in total. The number of halogens is 2. The van der Waals surface area contributed by atoms with Crippen molar-refractivity contribution in [2.75, 3.05) is 6.54 Å². The molecular weight excluding hydrogens is 286 g/mol. The Kier molecular flexibility index (Phi) is 4.25. The molecule has 0 amide bonds. The van der Waals surface area contributed by atoms with Crippen LogP contribution in [0, 0.1) is 11.6 Å². The van der Waals surface area contributed by atoms with Crippen molar-refractivity contribution in [1.82, 2.24) is 10.1 Å². The van der Waals surface area contributed by atoms with Crippen LogP contribution in [0.1, 0.15) is 55.7 Å². The summed E-state index contributed by atoms with van der Waals surface area (Å²) in [6.45, 7) is 5.47. The predicted octanol–water partition coefficient (Wildman–Crippen LogP) is 4.41. The maximum atomic E-state index is 13.8. The number of hydrogen-bond acceptors (Lipinski definition) is 3. The average molecular weight is 306 g/mol. The molecule has 1 saturated heterocycles. The quantitative estimate of drug-likeness (QED) is 0.837. The molecule has 2 aromatic rings. The number of aromatic nitrogens is 1. The maximum Gasteiger partial charge on any atom is 0.154 e. The first-order chi connectivity index (χ1) is 10.5. The van der Waals surface area contributed by atoms with Gasteiger partial charge in [-0.25, -0.2) is 8.78 Å². The molecule has 0 unspecified atom stereocenters. The molecule has 0 bridgehead atoms. The Labute approximate surface area is 128 Å². The van der Waals surface area contributed by atoms with E-state index in [0.29, 0.717) is 18.0 Å². The van der Waals surface area contributed by atoms with Gasteiger partial charge < -0.3 is 4.52 Å². The largest absolute Gasteiger partial charge is 0.359 e. The lowest BCUT2D eigenvalue weighted by Gasteiger charge is -2.22. The molecule has 1 aromatic heterocycles. The van der Waals surface area contributed by atoms with Gasteiger partial charge in [0.05, 0.1) is 11.7 Å². The molecule has 1 atom stereocenters. The van der Waals surface area contributed by atoms with Crippen LogP contribution in [0.25, 0.3) is 0 Å². The molecule has 0 aliphatic carbocycles. The summed E-state index contributed by atoms with van der Waals surface area (Å²) in [6, 6.07) is 5.86. The number of nitrogens with zero attached hydrogens (tertiary/aromatic N) is 2. The van der Waals surface area contributed by atoms with Crippen molar-refractivity contribution in [3.8, 4) is 0 Å². The Morgan fingerprint density at radius 3 is 2.82 bits per heavy atom. The van der Waals surface area contributed by atoms with Crippen LogP contribution in [-0.2, 0) is 6.54 Å². The van der Waals surface area contributed by atoms with Gasteiger partial charge in [-0.2, -0.15) is 0 Å². The van der Waals surface area contributed by atoms with Crippen LogP contribution in [0.4, 0.5) is 8.78 Å². The Bertz CT molecular complexity index is 654. The van der Waals surface area contributed by atoms with E-state index in [1.54, 1.807) is 0 Å². The van der Waals surface area contributed by atoms with Crippen LogP contribution in [0.5, 0.6) is 0 Å². The lowest BCUT2D eigenvalue weighted by atomic mass is 10.1. The van der Waals surface area contributed by atoms with Crippen LogP contribution in [0.2, 0.25) is 0 Å². The molecule has 22 heavy (non-hydrogen) atoms. The summed E-state index contributed by atoms with van der Waals surface area (Å²) < 4.78 is 32.3. The molecular formula is C17H20F2N2O. The number of rotatable bonds is 4. The molecule has 5 heteroatoms. The average Bonchev–Trinajstić information content (AvgIpc) is 3.10. The molecule has 1 aliphatic rings. The molecule has 1 aliphatic heterocycles. The van der Waals surface area contributed by atoms with E-state index in [-0.39, 0.29) is 6.04 Å². The lowest BCUT2D eigenvalue weighted by Crippen LogP contribution is -2.23. The monoisotopic (exact) mass is 306 g/mol. The maximum absolute atomic E-state index is 13.8. The molecule has 0 saturated carbocycles. The number of likely N-dealkylation sites (tertiary alicyclic amines) is 1. The Morgan fingerprint density at radius 2 is 2.14 bits per heavy atom. The highest BCUT2D eigenvalue weighted by atomic mass is 19.1. The fourth-order valence-corrected chi connectivity index (χ4v) is 2.94. The molecule has 2 heterocycles. The van der Waals surface area contributed by atoms with Gasteiger partial charge >= 0.3 is 0 Å². The summed E-state index contributed by atoms with van der Waals surface area (Å²) in [5, 5.41) is 4.11. The topological polar surface area (TPSA) is 29.3 Å². The summed E-state index contributed by atoms with van der Waals surface area (Å²) in [6.07, 6.45) is 2.00. The summed E-state index contributed by atoms with van der Waals surface area (Å²) >= 11 is 0. The van der Waals surface area contributed by atoms with Gasteiger partial charge in [-0.15, -0.1) is 0 Å². The van der Waals surface area contributed by atoms with E-state index >= 15 is 0 Å². The zero-order valence-corrected chi connectivity index (χ0v) is 12.9. The minimum absolute atomic E-state index is 0.115. The van der Waals surface area contributed by atoms with E-state index in [4.69, 9.17) is 4.52 Å². The van der Waals surface area contributed by atoms with E-state index in [0.717, 1.165) is 36.9 Å². The summed E-state index contributed by atoms with van der Waals surface area (Å²) in [5.41, 5.74) is 1.45. The third-order valence-electron chi connectivity index (χ3n) is 4.22. The zero-order valence-electron chi connectivity index (χ0n) is 12.9. The number of benzene rings is 1. The van der Waals surface area contributed by atoms with Crippen molar-refractivity contribution < 1.29 is 13.3 Å². The van der Waals surface area contributed by atoms with Gasteiger partial charge in [0.1, 0.15) is 11.6 Å². The van der Waals surface area contributed by atoms with E-state index in [9.17, 15) is 8.78 Å². The second-order valence-corrected chi connectivity index (χ2v) is 6.17. The van der Waals surface area contributed by atoms with Crippen LogP contribution < -0.4 is 0 Å². The summed E-state index contributed by atoms with van der Waals surface area (Å²) in [7, 11) is 0. The third-order valence-corrected chi connectivity index (χ3v) is 4.22. The zero-order chi connectivity index (χ0) is 15.7. The van der Waals surface area contributed by atoms with Crippen LogP contribution in [0.15, 0.2) is 28.8 Å². The smallest absolute Gasteiger partial charge is 0.154 e. The highest BCUT2D eigenvalue weighted by Gasteiger charge is 2.30. The molecule has 0 spiro atoms. The van der Waals surface area contributed by atoms with Gasteiger partial charge in [0.15, 0.2) is 5.76 Å². The Morgan fingerprint density at radius 1 is 1.32 bits per heavy atom. The third kappa shape index (κ3) is 3.04. The van der Waals surface area contributed by atoms with E-state index in [1.807, 2.05) is 6.07 Å². The molecule has 3 rings (SSSR count). The van der Waals surface area contributed by atoms with Gasteiger partial charge in [-0.3, -0.25) is 4.90 Å². The van der Waals surface area contributed by atoms with E-state index in [1.165, 1.54) is 12.1 Å². The lowest BCUT2D eigenvalue weighted by molar-refractivity contribution is 0.204. The van der Waals surface area contributed by atoms with Gasteiger partial charge in [-0.1, -0.05) is 25.1 Å². The van der Waals surface area contributed by atoms with Gasteiger partial charge in [0, 0.05) is 24.2 Å². The standard InChI is InChI=1S/C17H20F2N2O/c1-11(2)15-9-17(22-20-15)16-4-3-7-21(16)10-12-5-6-13(18)8-14(12)19/h5-6,8-9,11,16H,3-4,7,10H2,1-2H3/t16-/m1/s1. The second kappa shape index (κ2) is 6.16. The van der Waals surface area contributed by atoms with Gasteiger partial charge in [-0.05, 0) is 31.4 Å². The van der Waals surface area contributed by atoms with Crippen molar-refractivity contribution in [1.29, 1.82) is 0 Å². The first kappa shape index (κ1) is 15.2. The van der Waals surface area contributed by atoms with Crippen molar-refractivity contribution in [2.24, 2.45) is 0 Å². The fourth-order valence-electron chi connectivity index (χ4n) is 2.94. The fraction of sp³-hybridized carbons (Fsp3) is 0.471. The Hall–Kier alpha value is -1.75. The first-order valence-electron chi connectivity index (χ1n) is 7.69. The normalized spacial score (nSPS) is 19.2. The highest BCUT2D eigenvalue weighted by Crippen LogP contribution is 2.34. The van der Waals surface area contributed by atoms with E-state index in [2.05, 4.69) is 23.9 Å². The van der Waals surface area contributed by atoms with E-state index < -0.39 is 11.6 Å². The van der Waals surface area contributed by atoms with Crippen molar-refractivity contribution in [3.05, 3.63) is 52.9 Å². The van der Waals surface area contributed by atoms with Crippen molar-refractivity contribution in [3.63, 3.8) is 0 Å². The van der Waals surface area contributed by atoms with Crippen LogP contribution in [-0.4, -0.2) is 16.6 Å². The second-order valence-electron chi connectivity index (χ2n) is 6.17. The molecule has 3 nitrogen and oxygen atoms in total. The predicted molar refractivity (Wildman–Crippen MR) is 79.3 cm³/mol. The van der Waals surface area contributed by atoms with Crippen LogP contribution >= 0.6 is 0 Å². The molecule has 118 valence electrons. The summed E-state index contributed by atoms with van der Waals surface area (Å²) in [5.74, 6) is 0.118. The molecule has 1 aromatic carbocycles. The molecule has 0 radical (unpaired) electrons. The first-order valence-corrected chi connectivity index (χ1v) is 7.69. The SMILES string of the molecule is CC(C)c1cc([C@H]2CCCN2Cc2ccc(F)cc2F)on1. The summed E-state index contributed by atoms with van der Waals surface area (Å²) in [4.78, 5) is 2.17. The molecule has 1 fully saturated rings. The van der Waals surface area contributed by atoms with Crippen LogP contribution in [0.3, 0.4) is 0 Å². The Balaban J connectivity index is 1.77. The van der Waals surface area contributed by atoms with Crippen molar-refractivity contribution in [2.45, 2.75) is 45.2 Å². The highest BCUT2D eigenvalue weighted by molar-refractivity contribution is 5.20.